The highest BCUT2D eigenvalue weighted by Crippen LogP contribution is 2.37. The predicted molar refractivity (Wildman–Crippen MR) is 134 cm³/mol. The molecule has 5 rings (SSSR count). The highest BCUT2D eigenvalue weighted by Gasteiger charge is 2.36. The summed E-state index contributed by atoms with van der Waals surface area (Å²) in [4.78, 5) is 16.9. The Balaban J connectivity index is 1.58. The quantitative estimate of drug-likeness (QED) is 0.294. The van der Waals surface area contributed by atoms with Crippen molar-refractivity contribution in [1.29, 1.82) is 0 Å². The smallest absolute Gasteiger partial charge is 0.416 e. The fourth-order valence-corrected chi connectivity index (χ4v) is 4.67. The first-order chi connectivity index (χ1) is 17.6. The van der Waals surface area contributed by atoms with E-state index in [0.29, 0.717) is 35.6 Å². The number of anilines is 1. The predicted octanol–water partition coefficient (Wildman–Crippen LogP) is 5.63. The number of nitrogens with one attached hydrogen (secondary N) is 2. The number of halogens is 3. The van der Waals surface area contributed by atoms with Crippen LogP contribution in [-0.4, -0.2) is 30.2 Å². The molecule has 1 amide bonds. The van der Waals surface area contributed by atoms with Crippen molar-refractivity contribution in [2.45, 2.75) is 31.2 Å². The average Bonchev–Trinajstić information content (AvgIpc) is 3.55. The minimum absolute atomic E-state index is 0.0535. The molecule has 3 aromatic carbocycles. The molecule has 0 radical (unpaired) electrons. The largest absolute Gasteiger partial charge is 0.488 e. The van der Waals surface area contributed by atoms with Gasteiger partial charge in [-0.3, -0.25) is 4.79 Å². The number of aromatic amines is 1. The molecule has 0 unspecified atom stereocenters. The van der Waals surface area contributed by atoms with Crippen LogP contribution in [0.3, 0.4) is 0 Å². The number of nitrogens with two attached hydrogens (primary N) is 1. The first-order valence-electron chi connectivity index (χ1n) is 11.9. The maximum absolute atomic E-state index is 13.8. The number of alkyl halides is 3. The van der Waals surface area contributed by atoms with Gasteiger partial charge in [-0.25, -0.2) is 0 Å². The minimum atomic E-state index is -4.60. The normalized spacial score (nSPS) is 17.5. The van der Waals surface area contributed by atoms with Crippen molar-refractivity contribution < 1.29 is 27.4 Å². The second-order valence-electron chi connectivity index (χ2n) is 9.30. The average molecular weight is 510 g/mol. The first kappa shape index (κ1) is 24.7. The monoisotopic (exact) mass is 509 g/mol. The number of rotatable bonds is 6. The van der Waals surface area contributed by atoms with E-state index in [-0.39, 0.29) is 17.4 Å². The Morgan fingerprint density at radius 3 is 2.51 bits per heavy atom. The molecule has 9 heteroatoms. The number of carbonyl (C=O) groups excluding carboxylic acids is 1. The maximum Gasteiger partial charge on any atom is 0.416 e. The van der Waals surface area contributed by atoms with E-state index in [1.807, 2.05) is 12.1 Å². The van der Waals surface area contributed by atoms with Crippen LogP contribution in [-0.2, 0) is 16.5 Å². The van der Waals surface area contributed by atoms with E-state index in [1.54, 1.807) is 49.5 Å². The molecular weight excluding hydrogens is 483 g/mol. The molecule has 4 N–H and O–H groups in total. The summed E-state index contributed by atoms with van der Waals surface area (Å²) >= 11 is 0. The van der Waals surface area contributed by atoms with Crippen molar-refractivity contribution in [1.82, 2.24) is 10.3 Å². The third-order valence-electron chi connectivity index (χ3n) is 6.64. The number of H-pyrrole nitrogens is 1. The van der Waals surface area contributed by atoms with E-state index in [1.165, 1.54) is 6.07 Å². The lowest BCUT2D eigenvalue weighted by atomic mass is 9.83. The molecule has 1 aliphatic heterocycles. The summed E-state index contributed by atoms with van der Waals surface area (Å²) in [6.45, 7) is 2.74. The lowest BCUT2D eigenvalue weighted by molar-refractivity contribution is -0.137. The Hall–Kier alpha value is -3.98. The van der Waals surface area contributed by atoms with Crippen LogP contribution in [0.4, 0.5) is 18.9 Å². The summed E-state index contributed by atoms with van der Waals surface area (Å²) < 4.78 is 52.4. The van der Waals surface area contributed by atoms with E-state index >= 15 is 0 Å². The van der Waals surface area contributed by atoms with Gasteiger partial charge in [-0.15, -0.1) is 0 Å². The first-order valence-corrected chi connectivity index (χ1v) is 11.9. The van der Waals surface area contributed by atoms with Gasteiger partial charge in [0.2, 0.25) is 0 Å². The molecule has 1 fully saturated rings. The van der Waals surface area contributed by atoms with Crippen LogP contribution < -0.4 is 15.8 Å². The Labute approximate surface area is 211 Å². The molecule has 0 bridgehead atoms. The van der Waals surface area contributed by atoms with Gasteiger partial charge in [0.1, 0.15) is 11.9 Å². The molecular formula is C28H26F3N3O3. The second-order valence-corrected chi connectivity index (χ2v) is 9.30. The summed E-state index contributed by atoms with van der Waals surface area (Å²) in [5, 5.41) is 3.76. The number of benzene rings is 3. The van der Waals surface area contributed by atoms with E-state index in [2.05, 4.69) is 10.3 Å². The lowest BCUT2D eigenvalue weighted by Crippen LogP contribution is -2.44. The van der Waals surface area contributed by atoms with Gasteiger partial charge >= 0.3 is 6.18 Å². The molecule has 2 atom stereocenters. The highest BCUT2D eigenvalue weighted by atomic mass is 19.4. The minimum Gasteiger partial charge on any atom is -0.488 e. The Bertz CT molecular complexity index is 1430. The van der Waals surface area contributed by atoms with Gasteiger partial charge in [-0.1, -0.05) is 30.3 Å². The number of amides is 1. The van der Waals surface area contributed by atoms with Crippen LogP contribution in [0.25, 0.3) is 10.9 Å². The molecule has 0 spiro atoms. The van der Waals surface area contributed by atoms with Crippen molar-refractivity contribution in [2.75, 3.05) is 18.9 Å². The van der Waals surface area contributed by atoms with Crippen molar-refractivity contribution >= 4 is 22.5 Å². The van der Waals surface area contributed by atoms with Crippen molar-refractivity contribution in [3.05, 3.63) is 95.2 Å². The van der Waals surface area contributed by atoms with Crippen LogP contribution in [0.2, 0.25) is 0 Å². The number of fused-ring (bicyclic) bond motifs is 1. The summed E-state index contributed by atoms with van der Waals surface area (Å²) in [7, 11) is 0. The number of hydrogen-bond donors (Lipinski definition) is 3. The molecule has 4 aromatic rings. The zero-order valence-electron chi connectivity index (χ0n) is 20.1. The van der Waals surface area contributed by atoms with Gasteiger partial charge in [0.05, 0.1) is 35.4 Å². The standard InChI is InChI=1S/C28H26F3N3O3/c1-27(18-5-3-2-4-6-18,19-12-20(28(29,30)31)14-21(32)13-19)34-26(35)24-15-23(37-22-8-10-36-16-22)11-17-7-9-33-25(17)24/h2-7,9,11-15,22,33H,8,10,16,32H2,1H3,(H,34,35)/t22-,27+/m0/s1. The van der Waals surface area contributed by atoms with Gasteiger partial charge in [-0.05, 0) is 54.4 Å². The van der Waals surface area contributed by atoms with Crippen LogP contribution in [0.1, 0.15) is 40.4 Å². The third kappa shape index (κ3) is 4.99. The van der Waals surface area contributed by atoms with E-state index in [4.69, 9.17) is 15.2 Å². The van der Waals surface area contributed by atoms with Gasteiger partial charge in [0.25, 0.3) is 5.91 Å². The third-order valence-corrected chi connectivity index (χ3v) is 6.64. The SMILES string of the molecule is C[C@@](NC(=O)c1cc(O[C@H]2CCOC2)cc2cc[nH]c12)(c1ccccc1)c1cc(N)cc(C(F)(F)F)c1. The topological polar surface area (TPSA) is 89.4 Å². The summed E-state index contributed by atoms with van der Waals surface area (Å²) in [6.07, 6.45) is -2.25. The number of hydrogen-bond acceptors (Lipinski definition) is 4. The van der Waals surface area contributed by atoms with Crippen LogP contribution in [0.15, 0.2) is 72.9 Å². The second kappa shape index (κ2) is 9.48. The fourth-order valence-electron chi connectivity index (χ4n) is 4.67. The number of nitrogen functional groups attached to an aromatic ring is 1. The molecule has 0 aliphatic carbocycles. The van der Waals surface area contributed by atoms with Crippen molar-refractivity contribution in [3.8, 4) is 5.75 Å². The zero-order valence-corrected chi connectivity index (χ0v) is 20.1. The lowest BCUT2D eigenvalue weighted by Gasteiger charge is -2.33. The number of ether oxygens (including phenoxy) is 2. The fraction of sp³-hybridized carbons (Fsp3) is 0.250. The molecule has 0 saturated carbocycles. The van der Waals surface area contributed by atoms with Gasteiger partial charge in [0.15, 0.2) is 0 Å². The summed E-state index contributed by atoms with van der Waals surface area (Å²) in [6, 6.07) is 17.5. The Morgan fingerprint density at radius 2 is 1.81 bits per heavy atom. The molecule has 192 valence electrons. The van der Waals surface area contributed by atoms with E-state index in [0.717, 1.165) is 23.9 Å². The van der Waals surface area contributed by atoms with Crippen molar-refractivity contribution in [2.24, 2.45) is 0 Å². The maximum atomic E-state index is 13.8. The van der Waals surface area contributed by atoms with Gasteiger partial charge in [0, 0.05) is 23.7 Å². The Morgan fingerprint density at radius 1 is 1.05 bits per heavy atom. The highest BCUT2D eigenvalue weighted by molar-refractivity contribution is 6.06. The number of carbonyl (C=O) groups is 1. The van der Waals surface area contributed by atoms with Crippen LogP contribution in [0.5, 0.6) is 5.75 Å². The number of aromatic nitrogens is 1. The van der Waals surface area contributed by atoms with E-state index < -0.39 is 23.2 Å². The molecule has 1 saturated heterocycles. The Kier molecular flexibility index (Phi) is 6.33. The zero-order chi connectivity index (χ0) is 26.2. The van der Waals surface area contributed by atoms with Crippen LogP contribution >= 0.6 is 0 Å². The molecule has 37 heavy (non-hydrogen) atoms. The molecule has 6 nitrogen and oxygen atoms in total. The molecule has 1 aliphatic rings. The van der Waals surface area contributed by atoms with E-state index in [9.17, 15) is 18.0 Å². The van der Waals surface area contributed by atoms with Gasteiger partial charge < -0.3 is 25.5 Å². The van der Waals surface area contributed by atoms with Crippen LogP contribution in [0, 0.1) is 0 Å². The molecule has 1 aromatic heterocycles. The molecule has 2 heterocycles. The summed E-state index contributed by atoms with van der Waals surface area (Å²) in [5.41, 5.74) is 5.31. The summed E-state index contributed by atoms with van der Waals surface area (Å²) in [5.74, 6) is 0.0281. The van der Waals surface area contributed by atoms with Crippen molar-refractivity contribution in [3.63, 3.8) is 0 Å². The van der Waals surface area contributed by atoms with Gasteiger partial charge in [-0.2, -0.15) is 13.2 Å².